The second-order valence-electron chi connectivity index (χ2n) is 4.56. The molecular formula is C16H12ClFO2S. The minimum atomic E-state index is -0.821. The summed E-state index contributed by atoms with van der Waals surface area (Å²) in [7, 11) is 0. The first-order valence-corrected chi connectivity index (χ1v) is 7.75. The van der Waals surface area contributed by atoms with Crippen molar-refractivity contribution in [2.75, 3.05) is 5.75 Å². The Bertz CT molecular complexity index is 772. The van der Waals surface area contributed by atoms with Gasteiger partial charge in [0.05, 0.1) is 5.02 Å². The van der Waals surface area contributed by atoms with Gasteiger partial charge in [-0.05, 0) is 24.3 Å². The molecule has 108 valence electrons. The molecule has 0 amide bonds. The molecule has 1 aromatic heterocycles. The fourth-order valence-electron chi connectivity index (χ4n) is 2.02. The van der Waals surface area contributed by atoms with E-state index in [9.17, 15) is 9.50 Å². The molecule has 0 aliphatic carbocycles. The molecule has 21 heavy (non-hydrogen) atoms. The third kappa shape index (κ3) is 3.07. The van der Waals surface area contributed by atoms with E-state index in [1.54, 1.807) is 30.3 Å². The highest BCUT2D eigenvalue weighted by Crippen LogP contribution is 2.32. The SMILES string of the molecule is OC(CSc1ccccc1F)c1cc2cccc(Cl)c2o1. The number of furan rings is 1. The number of hydrogen-bond donors (Lipinski definition) is 1. The first kappa shape index (κ1) is 14.4. The summed E-state index contributed by atoms with van der Waals surface area (Å²) in [6.45, 7) is 0. The van der Waals surface area contributed by atoms with Gasteiger partial charge in [-0.2, -0.15) is 0 Å². The smallest absolute Gasteiger partial charge is 0.152 e. The molecule has 0 aliphatic heterocycles. The molecule has 2 nitrogen and oxygen atoms in total. The van der Waals surface area contributed by atoms with Gasteiger partial charge in [-0.15, -0.1) is 11.8 Å². The van der Waals surface area contributed by atoms with Crippen LogP contribution in [0.5, 0.6) is 0 Å². The van der Waals surface area contributed by atoms with Crippen molar-refractivity contribution in [1.29, 1.82) is 0 Å². The van der Waals surface area contributed by atoms with Crippen LogP contribution in [0.3, 0.4) is 0 Å². The van der Waals surface area contributed by atoms with E-state index in [4.69, 9.17) is 16.0 Å². The van der Waals surface area contributed by atoms with Gasteiger partial charge in [0, 0.05) is 16.0 Å². The molecule has 2 aromatic carbocycles. The van der Waals surface area contributed by atoms with Crippen LogP contribution < -0.4 is 0 Å². The average molecular weight is 323 g/mol. The Morgan fingerprint density at radius 2 is 2.00 bits per heavy atom. The summed E-state index contributed by atoms with van der Waals surface area (Å²) in [4.78, 5) is 0.505. The van der Waals surface area contributed by atoms with Crippen LogP contribution in [0.2, 0.25) is 5.02 Å². The monoisotopic (exact) mass is 322 g/mol. The Kier molecular flexibility index (Phi) is 4.19. The van der Waals surface area contributed by atoms with Crippen molar-refractivity contribution in [3.05, 3.63) is 65.1 Å². The molecule has 0 aliphatic rings. The van der Waals surface area contributed by atoms with E-state index in [2.05, 4.69) is 0 Å². The van der Waals surface area contributed by atoms with Gasteiger partial charge in [0.25, 0.3) is 0 Å². The van der Waals surface area contributed by atoms with Crippen molar-refractivity contribution >= 4 is 34.3 Å². The number of hydrogen-bond acceptors (Lipinski definition) is 3. The average Bonchev–Trinajstić information content (AvgIpc) is 2.92. The number of benzene rings is 2. The maximum atomic E-state index is 13.5. The molecule has 0 saturated heterocycles. The number of aliphatic hydroxyl groups excluding tert-OH is 1. The van der Waals surface area contributed by atoms with Gasteiger partial charge in [-0.3, -0.25) is 0 Å². The normalized spacial score (nSPS) is 12.7. The number of rotatable bonds is 4. The summed E-state index contributed by atoms with van der Waals surface area (Å²) in [5.41, 5.74) is 0.559. The Labute approximate surface area is 130 Å². The third-order valence-electron chi connectivity index (χ3n) is 3.08. The van der Waals surface area contributed by atoms with Gasteiger partial charge in [0.15, 0.2) is 5.58 Å². The Morgan fingerprint density at radius 3 is 2.76 bits per heavy atom. The first-order chi connectivity index (χ1) is 10.1. The van der Waals surface area contributed by atoms with Crippen molar-refractivity contribution in [2.24, 2.45) is 0 Å². The molecule has 3 rings (SSSR count). The van der Waals surface area contributed by atoms with Crippen molar-refractivity contribution in [1.82, 2.24) is 0 Å². The van der Waals surface area contributed by atoms with Crippen LogP contribution in [0.25, 0.3) is 11.0 Å². The Morgan fingerprint density at radius 1 is 1.19 bits per heavy atom. The summed E-state index contributed by atoms with van der Waals surface area (Å²) >= 11 is 7.28. The van der Waals surface area contributed by atoms with Gasteiger partial charge in [-0.25, -0.2) is 4.39 Å². The summed E-state index contributed by atoms with van der Waals surface area (Å²) in [5, 5.41) is 11.5. The van der Waals surface area contributed by atoms with Gasteiger partial charge in [-0.1, -0.05) is 35.9 Å². The summed E-state index contributed by atoms with van der Waals surface area (Å²) in [6, 6.07) is 13.7. The fraction of sp³-hybridized carbons (Fsp3) is 0.125. The van der Waals surface area contributed by atoms with E-state index >= 15 is 0 Å². The van der Waals surface area contributed by atoms with Crippen LogP contribution in [0.4, 0.5) is 4.39 Å². The van der Waals surface area contributed by atoms with Gasteiger partial charge in [0.2, 0.25) is 0 Å². The highest BCUT2D eigenvalue weighted by molar-refractivity contribution is 7.99. The van der Waals surface area contributed by atoms with E-state index in [0.29, 0.717) is 27.0 Å². The predicted molar refractivity (Wildman–Crippen MR) is 83.3 cm³/mol. The van der Waals surface area contributed by atoms with Gasteiger partial charge in [0.1, 0.15) is 17.7 Å². The number of thioether (sulfide) groups is 1. The van der Waals surface area contributed by atoms with E-state index in [0.717, 1.165) is 5.39 Å². The van der Waals surface area contributed by atoms with Crippen LogP contribution in [-0.4, -0.2) is 10.9 Å². The lowest BCUT2D eigenvalue weighted by atomic mass is 10.2. The molecule has 1 N–H and O–H groups in total. The molecule has 3 aromatic rings. The first-order valence-electron chi connectivity index (χ1n) is 6.38. The van der Waals surface area contributed by atoms with Crippen LogP contribution in [-0.2, 0) is 0 Å². The maximum absolute atomic E-state index is 13.5. The van der Waals surface area contributed by atoms with Crippen LogP contribution in [0.15, 0.2) is 57.8 Å². The molecule has 1 atom stereocenters. The van der Waals surface area contributed by atoms with Crippen LogP contribution in [0.1, 0.15) is 11.9 Å². The quantitative estimate of drug-likeness (QED) is 0.682. The second-order valence-corrected chi connectivity index (χ2v) is 6.03. The van der Waals surface area contributed by atoms with E-state index in [1.165, 1.54) is 17.8 Å². The minimum Gasteiger partial charge on any atom is -0.457 e. The number of para-hydroxylation sites is 1. The zero-order valence-electron chi connectivity index (χ0n) is 10.9. The van der Waals surface area contributed by atoms with Crippen molar-refractivity contribution < 1.29 is 13.9 Å². The van der Waals surface area contributed by atoms with Gasteiger partial charge < -0.3 is 9.52 Å². The third-order valence-corrected chi connectivity index (χ3v) is 4.50. The molecule has 0 radical (unpaired) electrons. The summed E-state index contributed by atoms with van der Waals surface area (Å²) in [6.07, 6.45) is -0.821. The topological polar surface area (TPSA) is 33.4 Å². The standard InChI is InChI=1S/C16H12ClFO2S/c17-11-5-3-4-10-8-14(20-16(10)11)13(19)9-21-15-7-2-1-6-12(15)18/h1-8,13,19H,9H2. The van der Waals surface area contributed by atoms with E-state index in [1.807, 2.05) is 12.1 Å². The van der Waals surface area contributed by atoms with Crippen molar-refractivity contribution in [3.63, 3.8) is 0 Å². The highest BCUT2D eigenvalue weighted by Gasteiger charge is 2.16. The van der Waals surface area contributed by atoms with E-state index < -0.39 is 6.10 Å². The Hall–Kier alpha value is -1.49. The predicted octanol–water partition coefficient (Wildman–Crippen LogP) is 5.05. The molecule has 1 heterocycles. The lowest BCUT2D eigenvalue weighted by molar-refractivity contribution is 0.177. The summed E-state index contributed by atoms with van der Waals surface area (Å²) in [5.74, 6) is 0.447. The number of aliphatic hydroxyl groups is 1. The molecule has 0 bridgehead atoms. The second kappa shape index (κ2) is 6.10. The van der Waals surface area contributed by atoms with Gasteiger partial charge >= 0.3 is 0 Å². The van der Waals surface area contributed by atoms with E-state index in [-0.39, 0.29) is 5.82 Å². The molecule has 0 spiro atoms. The number of halogens is 2. The highest BCUT2D eigenvalue weighted by atomic mass is 35.5. The lowest BCUT2D eigenvalue weighted by Crippen LogP contribution is -1.99. The van der Waals surface area contributed by atoms with Crippen LogP contribution >= 0.6 is 23.4 Å². The minimum absolute atomic E-state index is 0.289. The molecule has 1 unspecified atom stereocenters. The molecular weight excluding hydrogens is 311 g/mol. The van der Waals surface area contributed by atoms with Crippen molar-refractivity contribution in [3.8, 4) is 0 Å². The summed E-state index contributed by atoms with van der Waals surface area (Å²) < 4.78 is 19.1. The fourth-order valence-corrected chi connectivity index (χ4v) is 3.13. The zero-order valence-corrected chi connectivity index (χ0v) is 12.5. The van der Waals surface area contributed by atoms with Crippen LogP contribution in [0, 0.1) is 5.82 Å². The largest absolute Gasteiger partial charge is 0.457 e. The lowest BCUT2D eigenvalue weighted by Gasteiger charge is -2.07. The number of fused-ring (bicyclic) bond motifs is 1. The zero-order chi connectivity index (χ0) is 14.8. The molecule has 0 saturated carbocycles. The molecule has 0 fully saturated rings. The maximum Gasteiger partial charge on any atom is 0.152 e. The van der Waals surface area contributed by atoms with Crippen molar-refractivity contribution in [2.45, 2.75) is 11.0 Å². The Balaban J connectivity index is 1.76. The molecule has 5 heteroatoms.